The van der Waals surface area contributed by atoms with Crippen LogP contribution in [0.1, 0.15) is 22.6 Å². The van der Waals surface area contributed by atoms with E-state index in [1.165, 1.54) is 23.6 Å². The van der Waals surface area contributed by atoms with E-state index in [9.17, 15) is 21.6 Å². The quantitative estimate of drug-likeness (QED) is 0.340. The van der Waals surface area contributed by atoms with Crippen molar-refractivity contribution in [3.63, 3.8) is 0 Å². The van der Waals surface area contributed by atoms with E-state index in [0.717, 1.165) is 36.2 Å². The SMILES string of the molecule is COc1cc(S(C)(=O)=O)ccc1NCC#Cc1nc2c(-c3[nH]nc4c3CN(C)CC4)cccn2c1CC(F)(F)F. The van der Waals surface area contributed by atoms with Gasteiger partial charge >= 0.3 is 6.18 Å². The zero-order valence-corrected chi connectivity index (χ0v) is 22.9. The van der Waals surface area contributed by atoms with Gasteiger partial charge in [-0.3, -0.25) is 5.10 Å². The zero-order valence-electron chi connectivity index (χ0n) is 22.1. The zero-order chi connectivity index (χ0) is 28.7. The molecule has 9 nitrogen and oxygen atoms in total. The van der Waals surface area contributed by atoms with Crippen molar-refractivity contribution in [1.82, 2.24) is 24.5 Å². The molecule has 0 saturated heterocycles. The normalized spacial score (nSPS) is 14.1. The van der Waals surface area contributed by atoms with Crippen LogP contribution in [-0.4, -0.2) is 72.6 Å². The Kier molecular flexibility index (Phi) is 7.24. The molecule has 0 unspecified atom stereocenters. The van der Waals surface area contributed by atoms with Gasteiger partial charge in [0, 0.05) is 49.2 Å². The van der Waals surface area contributed by atoms with Gasteiger partial charge in [0.15, 0.2) is 9.84 Å². The molecular formula is C27H27F3N6O3S. The average Bonchev–Trinajstić information content (AvgIpc) is 3.46. The fourth-order valence-corrected chi connectivity index (χ4v) is 5.37. The van der Waals surface area contributed by atoms with Gasteiger partial charge in [-0.1, -0.05) is 5.92 Å². The Morgan fingerprint density at radius 2 is 2.05 bits per heavy atom. The second-order valence-electron chi connectivity index (χ2n) is 9.62. The first kappa shape index (κ1) is 27.5. The molecule has 13 heteroatoms. The molecule has 0 spiro atoms. The minimum absolute atomic E-state index is 0.0245. The van der Waals surface area contributed by atoms with Crippen LogP contribution in [0.15, 0.2) is 41.4 Å². The summed E-state index contributed by atoms with van der Waals surface area (Å²) in [7, 11) is -0.00464. The largest absolute Gasteiger partial charge is 0.495 e. The summed E-state index contributed by atoms with van der Waals surface area (Å²) in [6, 6.07) is 7.88. The topological polar surface area (TPSA) is 105 Å². The lowest BCUT2D eigenvalue weighted by Crippen LogP contribution is -2.26. The van der Waals surface area contributed by atoms with E-state index in [-0.39, 0.29) is 22.8 Å². The van der Waals surface area contributed by atoms with Crippen molar-refractivity contribution in [2.24, 2.45) is 0 Å². The number of methoxy groups -OCH3 is 1. The number of nitrogens with one attached hydrogen (secondary N) is 2. The fourth-order valence-electron chi connectivity index (χ4n) is 4.73. The van der Waals surface area contributed by atoms with E-state index >= 15 is 0 Å². The van der Waals surface area contributed by atoms with Gasteiger partial charge in [-0.2, -0.15) is 18.3 Å². The number of likely N-dealkylation sites (N-methyl/N-ethyl adjacent to an activating group) is 1. The maximum Gasteiger partial charge on any atom is 0.394 e. The summed E-state index contributed by atoms with van der Waals surface area (Å²) in [5.74, 6) is 5.93. The van der Waals surface area contributed by atoms with Crippen LogP contribution in [0.25, 0.3) is 16.9 Å². The molecule has 0 saturated carbocycles. The first-order valence-electron chi connectivity index (χ1n) is 12.4. The summed E-state index contributed by atoms with van der Waals surface area (Å²) >= 11 is 0. The first-order valence-corrected chi connectivity index (χ1v) is 14.3. The third-order valence-corrected chi connectivity index (χ3v) is 7.78. The van der Waals surface area contributed by atoms with Crippen LogP contribution in [-0.2, 0) is 29.2 Å². The number of imidazole rings is 1. The average molecular weight is 573 g/mol. The molecule has 0 amide bonds. The lowest BCUT2D eigenvalue weighted by Gasteiger charge is -2.22. The second kappa shape index (κ2) is 10.5. The minimum Gasteiger partial charge on any atom is -0.495 e. The number of aromatic amines is 1. The summed E-state index contributed by atoms with van der Waals surface area (Å²) in [6.07, 6.45) is -2.23. The maximum absolute atomic E-state index is 13.6. The van der Waals surface area contributed by atoms with Crippen LogP contribution < -0.4 is 10.1 Å². The molecule has 210 valence electrons. The molecule has 2 N–H and O–H groups in total. The van der Waals surface area contributed by atoms with Crippen LogP contribution in [0.2, 0.25) is 0 Å². The number of aromatic nitrogens is 4. The van der Waals surface area contributed by atoms with Crippen molar-refractivity contribution in [1.29, 1.82) is 0 Å². The number of alkyl halides is 3. The highest BCUT2D eigenvalue weighted by Gasteiger charge is 2.32. The van der Waals surface area contributed by atoms with Crippen LogP contribution in [0.5, 0.6) is 5.75 Å². The summed E-state index contributed by atoms with van der Waals surface area (Å²) in [5, 5.41) is 10.5. The number of rotatable bonds is 6. The van der Waals surface area contributed by atoms with Gasteiger partial charge in [0.25, 0.3) is 0 Å². The van der Waals surface area contributed by atoms with Crippen LogP contribution in [0, 0.1) is 11.8 Å². The van der Waals surface area contributed by atoms with E-state index in [2.05, 4.69) is 37.2 Å². The number of pyridine rings is 1. The molecule has 1 aromatic carbocycles. The molecule has 4 heterocycles. The smallest absolute Gasteiger partial charge is 0.394 e. The number of halogens is 3. The van der Waals surface area contributed by atoms with Crippen LogP contribution in [0.3, 0.4) is 0 Å². The molecule has 0 bridgehead atoms. The van der Waals surface area contributed by atoms with Crippen molar-refractivity contribution < 1.29 is 26.3 Å². The molecule has 0 radical (unpaired) electrons. The van der Waals surface area contributed by atoms with Gasteiger partial charge < -0.3 is 19.4 Å². The van der Waals surface area contributed by atoms with Crippen LogP contribution in [0.4, 0.5) is 18.9 Å². The van der Waals surface area contributed by atoms with E-state index in [4.69, 9.17) is 4.74 Å². The van der Waals surface area contributed by atoms with E-state index in [1.807, 2.05) is 13.1 Å². The molecule has 5 rings (SSSR count). The molecular weight excluding hydrogens is 545 g/mol. The van der Waals surface area contributed by atoms with Gasteiger partial charge in [0.05, 0.1) is 47.7 Å². The Morgan fingerprint density at radius 1 is 1.25 bits per heavy atom. The fraction of sp³-hybridized carbons (Fsp3) is 0.333. The monoisotopic (exact) mass is 572 g/mol. The third-order valence-electron chi connectivity index (χ3n) is 6.67. The highest BCUT2D eigenvalue weighted by atomic mass is 32.2. The second-order valence-corrected chi connectivity index (χ2v) is 11.6. The highest BCUT2D eigenvalue weighted by Crippen LogP contribution is 2.33. The number of fused-ring (bicyclic) bond motifs is 2. The maximum atomic E-state index is 13.6. The number of ether oxygens (including phenoxy) is 1. The van der Waals surface area contributed by atoms with E-state index < -0.39 is 22.4 Å². The van der Waals surface area contributed by atoms with Crippen molar-refractivity contribution >= 4 is 21.2 Å². The lowest BCUT2D eigenvalue weighted by atomic mass is 10.0. The van der Waals surface area contributed by atoms with Gasteiger partial charge in [-0.15, -0.1) is 0 Å². The Bertz CT molecular complexity index is 1750. The van der Waals surface area contributed by atoms with Crippen molar-refractivity contribution in [3.8, 4) is 28.8 Å². The van der Waals surface area contributed by atoms with E-state index in [1.54, 1.807) is 18.3 Å². The number of H-pyrrole nitrogens is 1. The summed E-state index contributed by atoms with van der Waals surface area (Å²) in [4.78, 5) is 6.81. The van der Waals surface area contributed by atoms with Crippen LogP contribution >= 0.6 is 0 Å². The third kappa shape index (κ3) is 5.64. The molecule has 0 atom stereocenters. The number of nitrogens with zero attached hydrogens (tertiary/aromatic N) is 4. The summed E-state index contributed by atoms with van der Waals surface area (Å²) in [6.45, 7) is 1.61. The number of hydrogen-bond donors (Lipinski definition) is 2. The predicted molar refractivity (Wildman–Crippen MR) is 144 cm³/mol. The standard InChI is InChI=1S/C27H27F3N6O3S/c1-35-13-10-20-19(16-35)25(34-33-20)18-6-5-12-36-23(15-27(28,29)30)21(32-26(18)36)7-4-11-31-22-9-8-17(40(3,37)38)14-24(22)39-2/h5-6,8-9,12,14,31H,10-11,13,15-16H2,1-3H3,(H,33,34). The summed E-state index contributed by atoms with van der Waals surface area (Å²) in [5.41, 5.74) is 4.16. The lowest BCUT2D eigenvalue weighted by molar-refractivity contribution is -0.128. The number of benzene rings is 1. The predicted octanol–water partition coefficient (Wildman–Crippen LogP) is 3.69. The first-order chi connectivity index (χ1) is 18.9. The van der Waals surface area contributed by atoms with Gasteiger partial charge in [0.1, 0.15) is 17.1 Å². The number of sulfone groups is 1. The number of anilines is 1. The van der Waals surface area contributed by atoms with Crippen molar-refractivity contribution in [3.05, 3.63) is 59.2 Å². The number of hydrogen-bond acceptors (Lipinski definition) is 7. The molecule has 4 aromatic rings. The summed E-state index contributed by atoms with van der Waals surface area (Å²) < 4.78 is 71.2. The van der Waals surface area contributed by atoms with Gasteiger partial charge in [0.2, 0.25) is 0 Å². The highest BCUT2D eigenvalue weighted by molar-refractivity contribution is 7.90. The molecule has 1 aliphatic heterocycles. The van der Waals surface area contributed by atoms with Crippen molar-refractivity contribution in [2.75, 3.05) is 38.8 Å². The molecule has 0 fully saturated rings. The Labute approximate surface area is 229 Å². The van der Waals surface area contributed by atoms with Gasteiger partial charge in [-0.25, -0.2) is 13.4 Å². The van der Waals surface area contributed by atoms with Crippen molar-refractivity contribution in [2.45, 2.75) is 30.5 Å². The molecule has 40 heavy (non-hydrogen) atoms. The minimum atomic E-state index is -4.47. The Balaban J connectivity index is 1.49. The van der Waals surface area contributed by atoms with E-state index in [0.29, 0.717) is 29.2 Å². The Hall–Kier alpha value is -4.02. The molecule has 3 aromatic heterocycles. The molecule has 0 aliphatic carbocycles. The van der Waals surface area contributed by atoms with Gasteiger partial charge in [-0.05, 0) is 37.2 Å². The molecule has 1 aliphatic rings. The Morgan fingerprint density at radius 3 is 2.77 bits per heavy atom.